The van der Waals surface area contributed by atoms with Crippen molar-refractivity contribution < 1.29 is 23.8 Å². The van der Waals surface area contributed by atoms with Crippen molar-refractivity contribution in [2.45, 2.75) is 39.6 Å². The van der Waals surface area contributed by atoms with Gasteiger partial charge in [-0.25, -0.2) is 14.3 Å². The van der Waals surface area contributed by atoms with Crippen molar-refractivity contribution in [3.63, 3.8) is 0 Å². The van der Waals surface area contributed by atoms with E-state index in [-0.39, 0.29) is 13.2 Å². The van der Waals surface area contributed by atoms with Crippen molar-refractivity contribution in [2.75, 3.05) is 0 Å². The number of hydrogen-bond donors (Lipinski definition) is 0. The Labute approximate surface area is 245 Å². The number of ether oxygens (including phenoxy) is 3. The summed E-state index contributed by atoms with van der Waals surface area (Å²) < 4.78 is 18.8. The third kappa shape index (κ3) is 6.93. The van der Waals surface area contributed by atoms with E-state index in [1.807, 2.05) is 98.0 Å². The Hall–Kier alpha value is -5.17. The van der Waals surface area contributed by atoms with E-state index in [0.717, 1.165) is 33.6 Å². The van der Waals surface area contributed by atoms with Crippen LogP contribution in [0.4, 0.5) is 0 Å². The van der Waals surface area contributed by atoms with Gasteiger partial charge in [-0.2, -0.15) is 5.10 Å². The summed E-state index contributed by atoms with van der Waals surface area (Å²) in [5.74, 6) is -0.542. The molecule has 0 aliphatic heterocycles. The van der Waals surface area contributed by atoms with Crippen molar-refractivity contribution in [1.29, 1.82) is 0 Å². The lowest BCUT2D eigenvalue weighted by Gasteiger charge is -2.24. The molecule has 0 fully saturated rings. The van der Waals surface area contributed by atoms with Gasteiger partial charge < -0.3 is 14.2 Å². The predicted molar refractivity (Wildman–Crippen MR) is 160 cm³/mol. The van der Waals surface area contributed by atoms with Crippen LogP contribution < -0.4 is 4.74 Å². The highest BCUT2D eigenvalue weighted by molar-refractivity contribution is 5.89. The van der Waals surface area contributed by atoms with E-state index in [1.54, 1.807) is 42.8 Å². The van der Waals surface area contributed by atoms with Gasteiger partial charge >= 0.3 is 11.9 Å². The number of aromatic nitrogens is 2. The summed E-state index contributed by atoms with van der Waals surface area (Å²) in [6.07, 6.45) is 1.89. The van der Waals surface area contributed by atoms with Crippen LogP contribution in [-0.2, 0) is 27.5 Å². The molecule has 0 N–H and O–H groups in total. The zero-order chi connectivity index (χ0) is 29.5. The first-order chi connectivity index (χ1) is 20.3. The predicted octanol–water partition coefficient (Wildman–Crippen LogP) is 7.11. The van der Waals surface area contributed by atoms with E-state index in [9.17, 15) is 9.59 Å². The lowest BCUT2D eigenvalue weighted by molar-refractivity contribution is -0.160. The molecule has 1 heterocycles. The largest absolute Gasteiger partial charge is 0.476 e. The SMILES string of the molecule is Cc1ccc(-n2cc(COC(=O)c3ccc(OC(C)(C)C(=O)OCc4ccccc4)cc3)c(-c3ccccc3)n2)cc1. The van der Waals surface area contributed by atoms with Crippen molar-refractivity contribution >= 4 is 11.9 Å². The molecule has 0 spiro atoms. The minimum atomic E-state index is -1.22. The summed E-state index contributed by atoms with van der Waals surface area (Å²) in [6, 6.07) is 33.8. The topological polar surface area (TPSA) is 79.7 Å². The molecular formula is C35H32N2O5. The Morgan fingerprint density at radius 3 is 2.07 bits per heavy atom. The average molecular weight is 561 g/mol. The van der Waals surface area contributed by atoms with Gasteiger partial charge in [0.05, 0.1) is 16.9 Å². The number of nitrogens with zero attached hydrogens (tertiary/aromatic N) is 2. The summed E-state index contributed by atoms with van der Waals surface area (Å²) >= 11 is 0. The van der Waals surface area contributed by atoms with Crippen molar-refractivity contribution in [3.8, 4) is 22.7 Å². The van der Waals surface area contributed by atoms with Crippen molar-refractivity contribution in [2.24, 2.45) is 0 Å². The van der Waals surface area contributed by atoms with Gasteiger partial charge in [-0.3, -0.25) is 0 Å². The fourth-order valence-corrected chi connectivity index (χ4v) is 4.30. The van der Waals surface area contributed by atoms with Crippen LogP contribution >= 0.6 is 0 Å². The highest BCUT2D eigenvalue weighted by Gasteiger charge is 2.32. The molecule has 0 atom stereocenters. The molecule has 42 heavy (non-hydrogen) atoms. The number of aryl methyl sites for hydroxylation is 1. The molecule has 212 valence electrons. The highest BCUT2D eigenvalue weighted by atomic mass is 16.6. The maximum atomic E-state index is 12.9. The molecule has 7 heteroatoms. The van der Waals surface area contributed by atoms with E-state index in [2.05, 4.69) is 0 Å². The number of carbonyl (C=O) groups is 2. The molecule has 0 aliphatic carbocycles. The number of rotatable bonds is 10. The third-order valence-electron chi connectivity index (χ3n) is 6.66. The van der Waals surface area contributed by atoms with E-state index in [1.165, 1.54) is 0 Å². The van der Waals surface area contributed by atoms with E-state index in [4.69, 9.17) is 19.3 Å². The first-order valence-electron chi connectivity index (χ1n) is 13.7. The molecule has 0 saturated carbocycles. The number of benzene rings is 4. The van der Waals surface area contributed by atoms with Gasteiger partial charge in [0, 0.05) is 17.3 Å². The monoisotopic (exact) mass is 560 g/mol. The molecule has 0 bridgehead atoms. The molecule has 0 amide bonds. The molecule has 5 rings (SSSR count). The van der Waals surface area contributed by atoms with Crippen LogP contribution in [0.5, 0.6) is 5.75 Å². The van der Waals surface area contributed by atoms with Gasteiger partial charge in [-0.1, -0.05) is 78.4 Å². The fraction of sp³-hybridized carbons (Fsp3) is 0.171. The first-order valence-corrected chi connectivity index (χ1v) is 13.7. The Balaban J connectivity index is 1.23. The van der Waals surface area contributed by atoms with E-state index >= 15 is 0 Å². The van der Waals surface area contributed by atoms with Gasteiger partial charge in [0.1, 0.15) is 19.0 Å². The molecule has 0 aliphatic rings. The Morgan fingerprint density at radius 1 is 0.762 bits per heavy atom. The third-order valence-corrected chi connectivity index (χ3v) is 6.66. The number of hydrogen-bond acceptors (Lipinski definition) is 6. The minimum absolute atomic E-state index is 0.0491. The summed E-state index contributed by atoms with van der Waals surface area (Å²) in [7, 11) is 0. The van der Waals surface area contributed by atoms with Crippen LogP contribution in [-0.4, -0.2) is 27.3 Å². The van der Waals surface area contributed by atoms with Gasteiger partial charge in [-0.05, 0) is 62.7 Å². The summed E-state index contributed by atoms with van der Waals surface area (Å²) in [5, 5.41) is 4.79. The molecule has 0 radical (unpaired) electrons. The van der Waals surface area contributed by atoms with Crippen molar-refractivity contribution in [3.05, 3.63) is 138 Å². The summed E-state index contributed by atoms with van der Waals surface area (Å²) in [6.45, 7) is 5.53. The first kappa shape index (κ1) is 28.4. The quantitative estimate of drug-likeness (QED) is 0.170. The van der Waals surface area contributed by atoms with Gasteiger partial charge in [-0.15, -0.1) is 0 Å². The van der Waals surface area contributed by atoms with Crippen LogP contribution in [0, 0.1) is 6.92 Å². The molecule has 0 unspecified atom stereocenters. The molecule has 5 aromatic rings. The Bertz CT molecular complexity index is 1640. The van der Waals surface area contributed by atoms with Crippen LogP contribution in [0.25, 0.3) is 16.9 Å². The lowest BCUT2D eigenvalue weighted by atomic mass is 10.1. The van der Waals surface area contributed by atoms with Crippen molar-refractivity contribution in [1.82, 2.24) is 9.78 Å². The molecule has 4 aromatic carbocycles. The maximum Gasteiger partial charge on any atom is 0.350 e. The van der Waals surface area contributed by atoms with E-state index < -0.39 is 17.5 Å². The minimum Gasteiger partial charge on any atom is -0.476 e. The van der Waals surface area contributed by atoms with Crippen LogP contribution in [0.2, 0.25) is 0 Å². The second-order valence-corrected chi connectivity index (χ2v) is 10.4. The normalized spacial score (nSPS) is 11.1. The molecular weight excluding hydrogens is 528 g/mol. The zero-order valence-electron chi connectivity index (χ0n) is 23.8. The summed E-state index contributed by atoms with van der Waals surface area (Å²) in [5.41, 5.74) is 4.56. The smallest absolute Gasteiger partial charge is 0.350 e. The van der Waals surface area contributed by atoms with Gasteiger partial charge in [0.2, 0.25) is 0 Å². The fourth-order valence-electron chi connectivity index (χ4n) is 4.30. The standard InChI is InChI=1S/C35H32N2O5/c1-25-14-18-30(19-15-25)37-22-29(32(36-37)27-12-8-5-9-13-27)24-40-33(38)28-16-20-31(21-17-28)42-35(2,3)34(39)41-23-26-10-6-4-7-11-26/h4-22H,23-24H2,1-3H3. The lowest BCUT2D eigenvalue weighted by Crippen LogP contribution is -2.39. The maximum absolute atomic E-state index is 12.9. The molecule has 0 saturated heterocycles. The van der Waals surface area contributed by atoms with E-state index in [0.29, 0.717) is 11.3 Å². The zero-order valence-corrected chi connectivity index (χ0v) is 23.8. The Morgan fingerprint density at radius 2 is 1.40 bits per heavy atom. The van der Waals surface area contributed by atoms with Gasteiger partial charge in [0.15, 0.2) is 5.60 Å². The van der Waals surface area contributed by atoms with Gasteiger partial charge in [0.25, 0.3) is 0 Å². The molecule has 1 aromatic heterocycles. The number of esters is 2. The second kappa shape index (κ2) is 12.6. The summed E-state index contributed by atoms with van der Waals surface area (Å²) in [4.78, 5) is 25.6. The van der Waals surface area contributed by atoms with Crippen LogP contribution in [0.3, 0.4) is 0 Å². The van der Waals surface area contributed by atoms with Crippen LogP contribution in [0.1, 0.15) is 40.9 Å². The highest BCUT2D eigenvalue weighted by Crippen LogP contribution is 2.26. The second-order valence-electron chi connectivity index (χ2n) is 10.4. The molecule has 7 nitrogen and oxygen atoms in total. The average Bonchev–Trinajstić information content (AvgIpc) is 3.44. The van der Waals surface area contributed by atoms with Crippen LogP contribution in [0.15, 0.2) is 115 Å². The number of carbonyl (C=O) groups excluding carboxylic acids is 2. The Kier molecular flexibility index (Phi) is 8.48.